The standard InChI is InChI=1S/C17H28BrNO/c1-3-5-13-6-8-14(9-7-13)16(19-11-4-2)17-15(18)10-12-20-17/h10,12-14,16,19H,3-9,11H2,1-2H3. The van der Waals surface area contributed by atoms with Crippen molar-refractivity contribution in [2.24, 2.45) is 11.8 Å². The van der Waals surface area contributed by atoms with Crippen molar-refractivity contribution in [2.45, 2.75) is 64.8 Å². The zero-order valence-electron chi connectivity index (χ0n) is 12.8. The zero-order chi connectivity index (χ0) is 14.4. The summed E-state index contributed by atoms with van der Waals surface area (Å²) in [5.41, 5.74) is 0. The Labute approximate surface area is 131 Å². The van der Waals surface area contributed by atoms with Crippen molar-refractivity contribution in [3.05, 3.63) is 22.6 Å². The van der Waals surface area contributed by atoms with E-state index in [0.29, 0.717) is 6.04 Å². The molecule has 1 fully saturated rings. The van der Waals surface area contributed by atoms with Crippen molar-refractivity contribution in [2.75, 3.05) is 6.54 Å². The van der Waals surface area contributed by atoms with Gasteiger partial charge in [0, 0.05) is 0 Å². The molecule has 2 nitrogen and oxygen atoms in total. The summed E-state index contributed by atoms with van der Waals surface area (Å²) in [4.78, 5) is 0. The Morgan fingerprint density at radius 3 is 2.55 bits per heavy atom. The van der Waals surface area contributed by atoms with Crippen molar-refractivity contribution in [3.8, 4) is 0 Å². The van der Waals surface area contributed by atoms with Crippen molar-refractivity contribution >= 4 is 15.9 Å². The molecule has 1 aromatic heterocycles. The van der Waals surface area contributed by atoms with Gasteiger partial charge >= 0.3 is 0 Å². The van der Waals surface area contributed by atoms with Crippen LogP contribution in [-0.4, -0.2) is 6.54 Å². The molecule has 20 heavy (non-hydrogen) atoms. The first-order chi connectivity index (χ1) is 9.76. The molecule has 0 amide bonds. The number of nitrogens with one attached hydrogen (secondary N) is 1. The maximum absolute atomic E-state index is 5.74. The topological polar surface area (TPSA) is 25.2 Å². The predicted octanol–water partition coefficient (Wildman–Crippen LogP) is 5.69. The first-order valence-corrected chi connectivity index (χ1v) is 9.01. The summed E-state index contributed by atoms with van der Waals surface area (Å²) in [5.74, 6) is 2.78. The maximum atomic E-state index is 5.74. The highest BCUT2D eigenvalue weighted by Gasteiger charge is 2.30. The molecule has 1 heterocycles. The number of hydrogen-bond acceptors (Lipinski definition) is 2. The molecule has 1 aliphatic carbocycles. The van der Waals surface area contributed by atoms with E-state index in [0.717, 1.165) is 28.6 Å². The molecule has 1 saturated carbocycles. The van der Waals surface area contributed by atoms with Gasteiger partial charge in [0.15, 0.2) is 0 Å². The second-order valence-electron chi connectivity index (χ2n) is 6.13. The van der Waals surface area contributed by atoms with Crippen LogP contribution in [0, 0.1) is 11.8 Å². The third-order valence-electron chi connectivity index (χ3n) is 4.60. The Morgan fingerprint density at radius 2 is 2.00 bits per heavy atom. The molecule has 1 aliphatic rings. The van der Waals surface area contributed by atoms with Crippen LogP contribution in [0.2, 0.25) is 0 Å². The Bertz CT molecular complexity index is 382. The highest BCUT2D eigenvalue weighted by molar-refractivity contribution is 9.10. The fourth-order valence-electron chi connectivity index (χ4n) is 3.52. The number of hydrogen-bond donors (Lipinski definition) is 1. The van der Waals surface area contributed by atoms with Crippen LogP contribution in [-0.2, 0) is 0 Å². The van der Waals surface area contributed by atoms with Gasteiger partial charge < -0.3 is 9.73 Å². The van der Waals surface area contributed by atoms with E-state index in [1.165, 1.54) is 44.9 Å². The monoisotopic (exact) mass is 341 g/mol. The molecule has 0 spiro atoms. The smallest absolute Gasteiger partial charge is 0.135 e. The van der Waals surface area contributed by atoms with Gasteiger partial charge in [0.05, 0.1) is 16.8 Å². The molecule has 0 radical (unpaired) electrons. The van der Waals surface area contributed by atoms with Gasteiger partial charge in [-0.2, -0.15) is 0 Å². The lowest BCUT2D eigenvalue weighted by Gasteiger charge is -2.33. The molecule has 2 rings (SSSR count). The zero-order valence-corrected chi connectivity index (χ0v) is 14.4. The Balaban J connectivity index is 1.99. The van der Waals surface area contributed by atoms with Crippen molar-refractivity contribution in [3.63, 3.8) is 0 Å². The summed E-state index contributed by atoms with van der Waals surface area (Å²) in [6, 6.07) is 2.39. The average Bonchev–Trinajstić information content (AvgIpc) is 2.88. The molecule has 0 aliphatic heterocycles. The van der Waals surface area contributed by atoms with E-state index in [1.54, 1.807) is 6.26 Å². The highest BCUT2D eigenvalue weighted by atomic mass is 79.9. The number of rotatable bonds is 7. The molecule has 0 bridgehead atoms. The van der Waals surface area contributed by atoms with E-state index in [4.69, 9.17) is 4.42 Å². The molecule has 114 valence electrons. The molecule has 1 unspecified atom stereocenters. The minimum absolute atomic E-state index is 0.377. The lowest BCUT2D eigenvalue weighted by molar-refractivity contribution is 0.198. The van der Waals surface area contributed by atoms with Crippen LogP contribution in [0.25, 0.3) is 0 Å². The van der Waals surface area contributed by atoms with Gasteiger partial charge in [0.25, 0.3) is 0 Å². The minimum atomic E-state index is 0.377. The quantitative estimate of drug-likeness (QED) is 0.689. The van der Waals surface area contributed by atoms with Gasteiger partial charge in [-0.25, -0.2) is 0 Å². The van der Waals surface area contributed by atoms with Crippen LogP contribution in [0.5, 0.6) is 0 Å². The largest absolute Gasteiger partial charge is 0.466 e. The van der Waals surface area contributed by atoms with E-state index in [2.05, 4.69) is 35.1 Å². The highest BCUT2D eigenvalue weighted by Crippen LogP contribution is 2.40. The van der Waals surface area contributed by atoms with Gasteiger partial charge in [-0.15, -0.1) is 0 Å². The molecule has 0 aromatic carbocycles. The van der Waals surface area contributed by atoms with Gasteiger partial charge in [-0.3, -0.25) is 0 Å². The Kier molecular flexibility index (Phi) is 6.63. The number of furan rings is 1. The van der Waals surface area contributed by atoms with Crippen molar-refractivity contribution in [1.82, 2.24) is 5.32 Å². The SMILES string of the molecule is CCCNC(c1occc1Br)C1CCC(CCC)CC1. The van der Waals surface area contributed by atoms with Gasteiger partial charge in [-0.1, -0.05) is 39.5 Å². The van der Waals surface area contributed by atoms with Crippen LogP contribution in [0.15, 0.2) is 21.2 Å². The van der Waals surface area contributed by atoms with Crippen LogP contribution in [0.3, 0.4) is 0 Å². The van der Waals surface area contributed by atoms with Gasteiger partial charge in [-0.05, 0) is 59.6 Å². The second kappa shape index (κ2) is 8.23. The third-order valence-corrected chi connectivity index (χ3v) is 5.26. The van der Waals surface area contributed by atoms with Crippen molar-refractivity contribution < 1.29 is 4.42 Å². The Hall–Kier alpha value is -0.280. The summed E-state index contributed by atoms with van der Waals surface area (Å²) < 4.78 is 6.85. The summed E-state index contributed by atoms with van der Waals surface area (Å²) in [7, 11) is 0. The van der Waals surface area contributed by atoms with E-state index in [9.17, 15) is 0 Å². The van der Waals surface area contributed by atoms with Gasteiger partial charge in [0.1, 0.15) is 5.76 Å². The first-order valence-electron chi connectivity index (χ1n) is 8.22. The molecule has 3 heteroatoms. The van der Waals surface area contributed by atoms with Gasteiger partial charge in [0.2, 0.25) is 0 Å². The van der Waals surface area contributed by atoms with Crippen LogP contribution < -0.4 is 5.32 Å². The van der Waals surface area contributed by atoms with Crippen LogP contribution in [0.1, 0.15) is 70.6 Å². The Morgan fingerprint density at radius 1 is 1.25 bits per heavy atom. The maximum Gasteiger partial charge on any atom is 0.135 e. The molecular formula is C17H28BrNO. The average molecular weight is 342 g/mol. The third kappa shape index (κ3) is 4.11. The van der Waals surface area contributed by atoms with E-state index >= 15 is 0 Å². The lowest BCUT2D eigenvalue weighted by Crippen LogP contribution is -2.31. The molecule has 0 saturated heterocycles. The summed E-state index contributed by atoms with van der Waals surface area (Å²) >= 11 is 3.63. The molecule has 1 aromatic rings. The van der Waals surface area contributed by atoms with Crippen molar-refractivity contribution in [1.29, 1.82) is 0 Å². The van der Waals surface area contributed by atoms with E-state index in [-0.39, 0.29) is 0 Å². The first kappa shape index (κ1) is 16.1. The lowest BCUT2D eigenvalue weighted by atomic mass is 9.76. The van der Waals surface area contributed by atoms with E-state index < -0.39 is 0 Å². The van der Waals surface area contributed by atoms with E-state index in [1.807, 2.05) is 6.07 Å². The summed E-state index contributed by atoms with van der Waals surface area (Å²) in [5, 5.41) is 3.71. The fourth-order valence-corrected chi connectivity index (χ4v) is 3.97. The fraction of sp³-hybridized carbons (Fsp3) is 0.765. The number of halogens is 1. The summed E-state index contributed by atoms with van der Waals surface area (Å²) in [6.07, 6.45) is 11.1. The van der Waals surface area contributed by atoms with Crippen LogP contribution >= 0.6 is 15.9 Å². The second-order valence-corrected chi connectivity index (χ2v) is 6.99. The molecule has 1 atom stereocenters. The minimum Gasteiger partial charge on any atom is -0.466 e. The normalized spacial score (nSPS) is 24.8. The summed E-state index contributed by atoms with van der Waals surface area (Å²) in [6.45, 7) is 5.59. The molecule has 1 N–H and O–H groups in total. The van der Waals surface area contributed by atoms with Crippen LogP contribution in [0.4, 0.5) is 0 Å². The molecular weight excluding hydrogens is 314 g/mol. The predicted molar refractivity (Wildman–Crippen MR) is 87.8 cm³/mol.